The first-order valence-corrected chi connectivity index (χ1v) is 37.3. The van der Waals surface area contributed by atoms with Crippen molar-refractivity contribution in [1.29, 1.82) is 0 Å². The molecule has 0 bridgehead atoms. The zero-order chi connectivity index (χ0) is 87.3. The van der Waals surface area contributed by atoms with Crippen LogP contribution in [-0.2, 0) is 104 Å². The zero-order valence-corrected chi connectivity index (χ0v) is 63.1. The highest BCUT2D eigenvalue weighted by atomic mass is 16.8. The van der Waals surface area contributed by atoms with Gasteiger partial charge in [-0.05, 0) is 6.92 Å². The number of hydrogen-bond acceptors (Lipinski definition) is 48. The van der Waals surface area contributed by atoms with Crippen LogP contribution in [0.25, 0.3) is 0 Å². The molecule has 9 fully saturated rings. The van der Waals surface area contributed by atoms with Gasteiger partial charge in [-0.15, -0.1) is 0 Å². The number of hydrogen-bond donors (Lipinski definition) is 31. The number of carbonyl (C=O) groups excluding carboxylic acids is 4. The van der Waals surface area contributed by atoms with E-state index in [4.69, 9.17) is 80.5 Å². The minimum atomic E-state index is -3.36. The van der Waals surface area contributed by atoms with Crippen LogP contribution in [0.2, 0.25) is 0 Å². The number of aliphatic carboxylic acids is 1. The van der Waals surface area contributed by atoms with Crippen molar-refractivity contribution in [3.63, 3.8) is 0 Å². The molecule has 0 aromatic carbocycles. The highest BCUT2D eigenvalue weighted by Gasteiger charge is 2.63. The van der Waals surface area contributed by atoms with Crippen molar-refractivity contribution >= 4 is 29.6 Å². The molecule has 9 rings (SSSR count). The van der Waals surface area contributed by atoms with Gasteiger partial charge in [0.25, 0.3) is 5.79 Å². The highest BCUT2D eigenvalue weighted by Crippen LogP contribution is 2.42. The Kier molecular flexibility index (Phi) is 34.7. The number of ether oxygens (including phenoxy) is 17. The van der Waals surface area contributed by atoms with Crippen molar-refractivity contribution in [3.8, 4) is 0 Å². The molecule has 9 aliphatic rings. The monoisotopic (exact) mass is 1730 g/mol. The van der Waals surface area contributed by atoms with Gasteiger partial charge < -0.3 is 240 Å². The third-order valence-electron chi connectivity index (χ3n) is 21.4. The summed E-state index contributed by atoms with van der Waals surface area (Å²) in [5.41, 5.74) is 0. The first-order chi connectivity index (χ1) is 55.6. The van der Waals surface area contributed by atoms with E-state index >= 15 is 0 Å². The third-order valence-corrected chi connectivity index (χ3v) is 21.4. The largest absolute Gasteiger partial charge is 0.477 e. The van der Waals surface area contributed by atoms with Gasteiger partial charge in [0.05, 0.1) is 71.1 Å². The molecule has 9 heterocycles. The second-order valence-electron chi connectivity index (χ2n) is 29.6. The minimum Gasteiger partial charge on any atom is -0.477 e. The summed E-state index contributed by atoms with van der Waals surface area (Å²) < 4.78 is 99.8. The van der Waals surface area contributed by atoms with E-state index in [9.17, 15) is 162 Å². The van der Waals surface area contributed by atoms with Gasteiger partial charge in [0.2, 0.25) is 23.6 Å². The number of amides is 4. The van der Waals surface area contributed by atoms with Crippen LogP contribution in [-0.4, -0.2) is 509 Å². The number of carbonyl (C=O) groups is 5. The molecular weight excluding hydrogens is 1620 g/mol. The topological polar surface area (TPSA) is 837 Å². The van der Waals surface area contributed by atoms with Crippen LogP contribution in [0, 0.1) is 0 Å². The van der Waals surface area contributed by atoms with Crippen LogP contribution in [0.1, 0.15) is 34.1 Å². The Morgan fingerprint density at radius 2 is 0.780 bits per heavy atom. The maximum Gasteiger partial charge on any atom is 0.364 e. The van der Waals surface area contributed by atoms with Crippen LogP contribution >= 0.6 is 0 Å². The Labute approximate surface area is 666 Å². The van der Waals surface area contributed by atoms with Crippen LogP contribution in [0.3, 0.4) is 0 Å². The Morgan fingerprint density at radius 3 is 1.28 bits per heavy atom. The molecule has 53 nitrogen and oxygen atoms in total. The van der Waals surface area contributed by atoms with Crippen molar-refractivity contribution in [2.45, 2.75) is 316 Å². The van der Waals surface area contributed by atoms with Gasteiger partial charge in [0.15, 0.2) is 50.3 Å². The molecule has 0 unspecified atom stereocenters. The summed E-state index contributed by atoms with van der Waals surface area (Å²) in [5.74, 6) is -9.64. The summed E-state index contributed by atoms with van der Waals surface area (Å²) in [4.78, 5) is 64.2. The van der Waals surface area contributed by atoms with Gasteiger partial charge in [-0.2, -0.15) is 0 Å². The molecule has 9 saturated heterocycles. The lowest BCUT2D eigenvalue weighted by Crippen LogP contribution is -2.71. The fourth-order valence-corrected chi connectivity index (χ4v) is 15.0. The highest BCUT2D eigenvalue weighted by molar-refractivity contribution is 5.78. The quantitative estimate of drug-likeness (QED) is 0.0297. The standard InChI is InChI=1S/C65H108N4O49/c1-15-33(83)42(92)45(95)59(104-15)103-14-27-51(39(89)30(56(99)105-27)66-16(2)77)112-57-31(67-17(3)78)40(90)49(24(10-74)109-57)113-61-47(97)53(38(88)26(111-61)13-102-60-46(96)43(93)35(85)21(7-71)106-60)115-63-55(44(94)36(86)22(8-72)108-63)116-58-32(68-18(4)79)41(91)50(25(11-75)110-58)114-62-48(98)54(37(87)23(9-73)107-62)118-65(64(100)101)5-19(80)29(69-28(82)12-76)52(117-65)34(84)20(81)6-70/h15,19-27,29-63,70-76,80-81,83-99H,5-14H2,1-4H3,(H,66,77)(H,67,78)(H,68,79)(H,69,82)(H,100,101)/t15-,19+,20-,21-,22-,23-,24-,25-,26-,27-,29-,30-,31-,32-,33+,34-,35-,36-,37+,38-,39-,40-,41-,42+,43+,44+,45-,46+,47+,48-,49-,50-,51-,52-,53+,54+,55+,56+,57-,58+,59-,60+,61+,62+,63-,65+/m1/s1. The van der Waals surface area contributed by atoms with Crippen molar-refractivity contribution < 1.29 is 242 Å². The molecule has 0 radical (unpaired) electrons. The average Bonchev–Trinajstić information content (AvgIpc) is 0.751. The maximum absolute atomic E-state index is 13.3. The van der Waals surface area contributed by atoms with Gasteiger partial charge in [-0.3, -0.25) is 19.2 Å². The van der Waals surface area contributed by atoms with Gasteiger partial charge >= 0.3 is 5.97 Å². The Balaban J connectivity index is 1.00. The predicted octanol–water partition coefficient (Wildman–Crippen LogP) is -20.8. The van der Waals surface area contributed by atoms with Gasteiger partial charge in [-0.1, -0.05) is 0 Å². The summed E-state index contributed by atoms with van der Waals surface area (Å²) in [7, 11) is 0. The van der Waals surface area contributed by atoms with E-state index in [2.05, 4.69) is 21.3 Å². The van der Waals surface area contributed by atoms with Crippen LogP contribution in [0.15, 0.2) is 0 Å². The molecule has 682 valence electrons. The first kappa shape index (κ1) is 97.4. The van der Waals surface area contributed by atoms with E-state index < -0.39 is 377 Å². The maximum atomic E-state index is 13.3. The van der Waals surface area contributed by atoms with E-state index in [1.54, 1.807) is 0 Å². The van der Waals surface area contributed by atoms with E-state index in [0.29, 0.717) is 0 Å². The van der Waals surface area contributed by atoms with E-state index in [1.807, 2.05) is 0 Å². The lowest BCUT2D eigenvalue weighted by atomic mass is 9.88. The van der Waals surface area contributed by atoms with Gasteiger partial charge in [-0.25, -0.2) is 4.79 Å². The number of aliphatic hydroxyl groups is 26. The summed E-state index contributed by atoms with van der Waals surface area (Å²) in [5, 5.41) is 308. The smallest absolute Gasteiger partial charge is 0.364 e. The number of rotatable bonds is 32. The van der Waals surface area contributed by atoms with Gasteiger partial charge in [0, 0.05) is 27.2 Å². The molecule has 46 atom stereocenters. The first-order valence-electron chi connectivity index (χ1n) is 37.3. The van der Waals surface area contributed by atoms with Crippen LogP contribution in [0.4, 0.5) is 0 Å². The van der Waals surface area contributed by atoms with Crippen LogP contribution in [0.5, 0.6) is 0 Å². The number of nitrogens with one attached hydrogen (secondary N) is 4. The van der Waals surface area contributed by atoms with Crippen LogP contribution < -0.4 is 21.3 Å². The molecular formula is C65H108N4O49. The van der Waals surface area contributed by atoms with Crippen molar-refractivity contribution in [3.05, 3.63) is 0 Å². The Bertz CT molecular complexity index is 3210. The van der Waals surface area contributed by atoms with E-state index in [1.165, 1.54) is 6.92 Å². The second kappa shape index (κ2) is 42.1. The zero-order valence-electron chi connectivity index (χ0n) is 63.1. The van der Waals surface area contributed by atoms with Crippen molar-refractivity contribution in [1.82, 2.24) is 21.3 Å². The molecule has 118 heavy (non-hydrogen) atoms. The number of carboxylic acids is 1. The fraction of sp³-hybridized carbons (Fsp3) is 0.923. The van der Waals surface area contributed by atoms with Crippen molar-refractivity contribution in [2.75, 3.05) is 59.5 Å². The minimum absolute atomic E-state index is 0.832. The SMILES string of the molecule is CC(=O)N[C@@H]1[C@@H](O)[C@H](O[C@H]2O[C@H](CO)[C@@H](O[C@@H]3O[C@H](CO[C@H]4O[C@H](CO)[C@@H](O)[C@H](O)[C@@H]4O)[C@@H](O)[C@H](O[C@H]4O[C@H](CO)[C@@H](O)[C@H](O)[C@@H]4O[C@@H]4O[C@H](CO)[C@@H](O[C@@H]5O[C@H](CO)[C@H](O)[C@H](O[C@]6(C(=O)O)C[C@H](O)[C@@H](NC(=O)CO)[C@H]([C@H](O)[C@H](O)CO)O6)[C@H]5O)[C@H](O)[C@H]4NC(C)=O)[C@@H]3O)[C@H](O)[C@H]2NC(C)=O)[C@@H](CO[C@@H]2O[C@H](C)[C@H](O)[C@H](O)[C@H]2O)O[C@@H]1O. The van der Waals surface area contributed by atoms with E-state index in [0.717, 1.165) is 20.8 Å². The molecule has 0 aromatic rings. The summed E-state index contributed by atoms with van der Waals surface area (Å²) in [6.07, 6.45) is -88.8. The summed E-state index contributed by atoms with van der Waals surface area (Å²) >= 11 is 0. The summed E-state index contributed by atoms with van der Waals surface area (Å²) in [6.45, 7) is -6.27. The molecule has 4 amide bonds. The molecule has 9 aliphatic heterocycles. The molecule has 0 spiro atoms. The van der Waals surface area contributed by atoms with E-state index in [-0.39, 0.29) is 0 Å². The predicted molar refractivity (Wildman–Crippen MR) is 361 cm³/mol. The molecule has 53 heteroatoms. The molecule has 31 N–H and O–H groups in total. The molecule has 0 aliphatic carbocycles. The average molecular weight is 1730 g/mol. The molecule has 0 saturated carbocycles. The lowest BCUT2D eigenvalue weighted by molar-refractivity contribution is -0.400. The van der Waals surface area contributed by atoms with Gasteiger partial charge in [0.1, 0.15) is 214 Å². The molecule has 0 aromatic heterocycles. The number of aliphatic hydroxyl groups excluding tert-OH is 26. The Morgan fingerprint density at radius 1 is 0.381 bits per heavy atom. The normalized spacial score (nSPS) is 47.6. The van der Waals surface area contributed by atoms with Crippen molar-refractivity contribution in [2.24, 2.45) is 0 Å². The summed E-state index contributed by atoms with van der Waals surface area (Å²) in [6, 6.07) is -7.72. The second-order valence-corrected chi connectivity index (χ2v) is 29.6. The lowest BCUT2D eigenvalue weighted by Gasteiger charge is -2.51. The fourth-order valence-electron chi connectivity index (χ4n) is 15.0. The third kappa shape index (κ3) is 21.4. The number of carboxylic acid groups (broad SMARTS) is 1. The Hall–Kier alpha value is -4.37.